The summed E-state index contributed by atoms with van der Waals surface area (Å²) in [5.74, 6) is -0.785. The zero-order valence-corrected chi connectivity index (χ0v) is 13.1. The van der Waals surface area contributed by atoms with Crippen LogP contribution in [0.5, 0.6) is 0 Å². The van der Waals surface area contributed by atoms with Gasteiger partial charge in [0, 0.05) is 18.3 Å². The number of hydrogen-bond donors (Lipinski definition) is 2. The molecule has 0 spiro atoms. The van der Waals surface area contributed by atoms with Crippen molar-refractivity contribution in [3.05, 3.63) is 0 Å². The molecule has 114 valence electrons. The van der Waals surface area contributed by atoms with Crippen molar-refractivity contribution in [3.8, 4) is 0 Å². The minimum absolute atomic E-state index is 0.221. The number of rotatable bonds is 6. The molecule has 0 saturated carbocycles. The van der Waals surface area contributed by atoms with Crippen LogP contribution < -0.4 is 10.5 Å². The predicted molar refractivity (Wildman–Crippen MR) is 75.1 cm³/mol. The predicted octanol–water partition coefficient (Wildman–Crippen LogP) is -1.63. The first kappa shape index (κ1) is 16.8. The largest absolute Gasteiger partial charge is 0.329 e. The molecule has 7 nitrogen and oxygen atoms in total. The van der Waals surface area contributed by atoms with Crippen LogP contribution >= 0.6 is 0 Å². The Morgan fingerprint density at radius 2 is 1.68 bits per heavy atom. The molecule has 1 rings (SSSR count). The second-order valence-electron chi connectivity index (χ2n) is 5.34. The third-order valence-electron chi connectivity index (χ3n) is 3.43. The summed E-state index contributed by atoms with van der Waals surface area (Å²) in [6.45, 7) is 1.76. The van der Waals surface area contributed by atoms with Crippen LogP contribution in [0.1, 0.15) is 12.8 Å². The number of nitrogens with one attached hydrogen (secondary N) is 1. The van der Waals surface area contributed by atoms with Gasteiger partial charge in [-0.3, -0.25) is 0 Å². The maximum Gasteiger partial charge on any atom is 0.213 e. The zero-order chi connectivity index (χ0) is 14.7. The molecule has 3 N–H and O–H groups in total. The first-order chi connectivity index (χ1) is 8.58. The van der Waals surface area contributed by atoms with Gasteiger partial charge in [-0.25, -0.2) is 21.6 Å². The van der Waals surface area contributed by atoms with E-state index >= 15 is 0 Å². The summed E-state index contributed by atoms with van der Waals surface area (Å²) in [6, 6.07) is 0. The Kier molecular flexibility index (Phi) is 5.35. The monoisotopic (exact) mass is 313 g/mol. The highest BCUT2D eigenvalue weighted by atomic mass is 32.2. The topological polar surface area (TPSA) is 110 Å². The number of nitrogens with zero attached hydrogens (tertiary/aromatic N) is 1. The molecule has 0 unspecified atom stereocenters. The number of sulfone groups is 1. The van der Waals surface area contributed by atoms with E-state index in [2.05, 4.69) is 9.62 Å². The molecule has 0 bridgehead atoms. The number of piperidine rings is 1. The summed E-state index contributed by atoms with van der Waals surface area (Å²) in [6.07, 6.45) is 2.30. The van der Waals surface area contributed by atoms with E-state index in [0.29, 0.717) is 12.8 Å². The third-order valence-corrected chi connectivity index (χ3v) is 6.12. The standard InChI is InChI=1S/C10H23N3O4S2/c1-13-5-3-10(9-11,4-6-13)12-19(16,17)8-7-18(2,14)15/h12H,3-9,11H2,1-2H3. The van der Waals surface area contributed by atoms with E-state index in [1.54, 1.807) is 0 Å². The van der Waals surface area contributed by atoms with Gasteiger partial charge in [0.15, 0.2) is 0 Å². The van der Waals surface area contributed by atoms with E-state index in [0.717, 1.165) is 19.3 Å². The molecule has 19 heavy (non-hydrogen) atoms. The minimum atomic E-state index is -3.63. The first-order valence-electron chi connectivity index (χ1n) is 6.15. The van der Waals surface area contributed by atoms with Gasteiger partial charge >= 0.3 is 0 Å². The molecule has 0 aromatic rings. The second-order valence-corrected chi connectivity index (χ2v) is 9.44. The summed E-state index contributed by atoms with van der Waals surface area (Å²) < 4.78 is 48.6. The van der Waals surface area contributed by atoms with Crippen molar-refractivity contribution in [1.29, 1.82) is 0 Å². The minimum Gasteiger partial charge on any atom is -0.329 e. The highest BCUT2D eigenvalue weighted by molar-refractivity contribution is 7.93. The van der Waals surface area contributed by atoms with Crippen molar-refractivity contribution < 1.29 is 16.8 Å². The van der Waals surface area contributed by atoms with Crippen LogP contribution in [-0.4, -0.2) is 71.7 Å². The summed E-state index contributed by atoms with van der Waals surface area (Å²) in [4.78, 5) is 2.11. The van der Waals surface area contributed by atoms with Gasteiger partial charge in [0.1, 0.15) is 9.84 Å². The highest BCUT2D eigenvalue weighted by Gasteiger charge is 2.36. The molecule has 0 amide bonds. The van der Waals surface area contributed by atoms with Crippen LogP contribution in [0.3, 0.4) is 0 Å². The molecule has 0 radical (unpaired) electrons. The molecule has 1 heterocycles. The van der Waals surface area contributed by atoms with Crippen LogP contribution in [0.4, 0.5) is 0 Å². The summed E-state index contributed by atoms with van der Waals surface area (Å²) in [5.41, 5.74) is 5.07. The lowest BCUT2D eigenvalue weighted by Gasteiger charge is -2.40. The van der Waals surface area contributed by atoms with E-state index in [4.69, 9.17) is 5.73 Å². The Labute approximate surface area is 115 Å². The van der Waals surface area contributed by atoms with Crippen molar-refractivity contribution in [1.82, 2.24) is 9.62 Å². The van der Waals surface area contributed by atoms with Gasteiger partial charge in [-0.2, -0.15) is 0 Å². The van der Waals surface area contributed by atoms with E-state index in [9.17, 15) is 16.8 Å². The lowest BCUT2D eigenvalue weighted by Crippen LogP contribution is -2.59. The average molecular weight is 313 g/mol. The molecule has 0 aliphatic carbocycles. The van der Waals surface area contributed by atoms with Crippen molar-refractivity contribution in [2.24, 2.45) is 5.73 Å². The van der Waals surface area contributed by atoms with Crippen LogP contribution in [0.25, 0.3) is 0 Å². The van der Waals surface area contributed by atoms with Crippen molar-refractivity contribution >= 4 is 19.9 Å². The van der Waals surface area contributed by atoms with Crippen LogP contribution in [0.15, 0.2) is 0 Å². The smallest absolute Gasteiger partial charge is 0.213 e. The number of nitrogens with two attached hydrogens (primary N) is 1. The number of likely N-dealkylation sites (tertiary alicyclic amines) is 1. The van der Waals surface area contributed by atoms with Crippen LogP contribution in [0, 0.1) is 0 Å². The van der Waals surface area contributed by atoms with E-state index < -0.39 is 31.2 Å². The average Bonchev–Trinajstić information content (AvgIpc) is 2.29. The van der Waals surface area contributed by atoms with Gasteiger partial charge in [-0.15, -0.1) is 0 Å². The lowest BCUT2D eigenvalue weighted by atomic mass is 9.89. The fourth-order valence-corrected chi connectivity index (χ4v) is 5.17. The highest BCUT2D eigenvalue weighted by Crippen LogP contribution is 2.21. The van der Waals surface area contributed by atoms with Crippen LogP contribution in [-0.2, 0) is 19.9 Å². The summed E-state index contributed by atoms with van der Waals surface area (Å²) >= 11 is 0. The molecule has 1 saturated heterocycles. The number of hydrogen-bond acceptors (Lipinski definition) is 6. The Morgan fingerprint density at radius 1 is 1.16 bits per heavy atom. The Morgan fingerprint density at radius 3 is 2.11 bits per heavy atom. The van der Waals surface area contributed by atoms with Gasteiger partial charge in [0.25, 0.3) is 0 Å². The molecular weight excluding hydrogens is 290 g/mol. The molecule has 1 fully saturated rings. The Bertz CT molecular complexity index is 493. The third kappa shape index (κ3) is 5.74. The van der Waals surface area contributed by atoms with Crippen molar-refractivity contribution in [2.45, 2.75) is 18.4 Å². The quantitative estimate of drug-likeness (QED) is 0.609. The molecule has 9 heteroatoms. The van der Waals surface area contributed by atoms with Gasteiger partial charge in [-0.05, 0) is 33.0 Å². The lowest BCUT2D eigenvalue weighted by molar-refractivity contribution is 0.182. The fraction of sp³-hybridized carbons (Fsp3) is 1.00. The van der Waals surface area contributed by atoms with Crippen molar-refractivity contribution in [3.63, 3.8) is 0 Å². The van der Waals surface area contributed by atoms with Gasteiger partial charge in [0.05, 0.1) is 11.5 Å². The van der Waals surface area contributed by atoms with Gasteiger partial charge in [0.2, 0.25) is 10.0 Å². The fourth-order valence-electron chi connectivity index (χ4n) is 2.04. The molecule has 0 aromatic heterocycles. The molecule has 0 aromatic carbocycles. The maximum absolute atomic E-state index is 11.9. The van der Waals surface area contributed by atoms with Gasteiger partial charge in [-0.1, -0.05) is 0 Å². The van der Waals surface area contributed by atoms with E-state index in [-0.39, 0.29) is 12.3 Å². The summed E-state index contributed by atoms with van der Waals surface area (Å²) in [5, 5.41) is 0. The maximum atomic E-state index is 11.9. The molecule has 1 aliphatic rings. The van der Waals surface area contributed by atoms with Gasteiger partial charge < -0.3 is 10.6 Å². The first-order valence-corrected chi connectivity index (χ1v) is 9.87. The molecule has 1 aliphatic heterocycles. The second kappa shape index (κ2) is 6.04. The van der Waals surface area contributed by atoms with Crippen molar-refractivity contribution in [2.75, 3.05) is 44.4 Å². The van der Waals surface area contributed by atoms with E-state index in [1.165, 1.54) is 0 Å². The normalized spacial score (nSPS) is 21.4. The van der Waals surface area contributed by atoms with E-state index in [1.807, 2.05) is 7.05 Å². The molecule has 0 atom stereocenters. The zero-order valence-electron chi connectivity index (χ0n) is 11.4. The van der Waals surface area contributed by atoms with Crippen LogP contribution in [0.2, 0.25) is 0 Å². The number of sulfonamides is 1. The SMILES string of the molecule is CN1CCC(CN)(NS(=O)(=O)CCS(C)(=O)=O)CC1. The summed E-state index contributed by atoms with van der Waals surface area (Å²) in [7, 11) is -4.95. The Hall–Kier alpha value is -0.220. The Balaban J connectivity index is 2.69. The molecular formula is C10H23N3O4S2.